The Morgan fingerprint density at radius 2 is 0.983 bits per heavy atom. The molecule has 1 saturated carbocycles. The minimum atomic E-state index is -0.314. The summed E-state index contributed by atoms with van der Waals surface area (Å²) in [7, 11) is 11.5. The van der Waals surface area contributed by atoms with Crippen molar-refractivity contribution in [3.05, 3.63) is 255 Å². The number of azo groups is 1. The number of fused-ring (bicyclic) bond motifs is 6. The first-order valence-corrected chi connectivity index (χ1v) is 41.8. The molecule has 2 N–H and O–H groups in total. The number of allylic oxidation sites excluding steroid dienone is 2. The zero-order valence-electron chi connectivity index (χ0n) is 66.5. The smallest absolute Gasteiger partial charge is 0.205 e. The van der Waals surface area contributed by atoms with Gasteiger partial charge in [0.05, 0.1) is 87.3 Å². The number of nitrogens with zero attached hydrogens (tertiary/aromatic N) is 24. The van der Waals surface area contributed by atoms with Crippen molar-refractivity contribution in [1.29, 1.82) is 0 Å². The van der Waals surface area contributed by atoms with E-state index >= 15 is 0 Å². The Kier molecular flexibility index (Phi) is 25.6. The maximum Gasteiger partial charge on any atom is 0.205 e. The van der Waals surface area contributed by atoms with E-state index in [1.807, 2.05) is 210 Å². The monoisotopic (exact) mass is 1850 g/mol. The third-order valence-corrected chi connectivity index (χ3v) is 24.5. The summed E-state index contributed by atoms with van der Waals surface area (Å²) in [5.74, 6) is 0.0645. The molecule has 2 fully saturated rings. The lowest BCUT2D eigenvalue weighted by Crippen LogP contribution is -2.45. The first-order chi connectivity index (χ1) is 57.5. The Morgan fingerprint density at radius 1 is 0.496 bits per heavy atom. The van der Waals surface area contributed by atoms with Gasteiger partial charge in [-0.25, -0.2) is 18.1 Å². The largest absolute Gasteiger partial charge is 0.304 e. The molecule has 0 bridgehead atoms. The molecule has 7 aliphatic heterocycles. The van der Waals surface area contributed by atoms with Crippen molar-refractivity contribution >= 4 is 152 Å². The molecule has 0 radical (unpaired) electrons. The van der Waals surface area contributed by atoms with Gasteiger partial charge >= 0.3 is 0 Å². The molecule has 20 rings (SSSR count). The van der Waals surface area contributed by atoms with Crippen molar-refractivity contribution in [1.82, 2.24) is 95.6 Å². The number of rotatable bonds is 10. The molecular weight excluding hydrogens is 1770 g/mol. The highest BCUT2D eigenvalue weighted by Gasteiger charge is 2.47. The molecule has 1 saturated heterocycles. The molecule has 6 aromatic heterocycles. The molecule has 34 heteroatoms. The van der Waals surface area contributed by atoms with E-state index in [1.165, 1.54) is 30.7 Å². The Morgan fingerprint density at radius 3 is 1.55 bits per heavy atom. The first-order valence-electron chi connectivity index (χ1n) is 38.4. The van der Waals surface area contributed by atoms with Gasteiger partial charge in [-0.05, 0) is 104 Å². The van der Waals surface area contributed by atoms with Gasteiger partial charge in [-0.2, -0.15) is 45.9 Å². The Labute approximate surface area is 728 Å². The predicted molar refractivity (Wildman–Crippen MR) is 480 cm³/mol. The lowest BCUT2D eigenvalue weighted by Gasteiger charge is -2.32. The molecule has 4 unspecified atom stereocenters. The Bertz CT molecular complexity index is 5960. The second-order valence-corrected chi connectivity index (χ2v) is 32.6. The van der Waals surface area contributed by atoms with Crippen LogP contribution >= 0.6 is 84.9 Å². The van der Waals surface area contributed by atoms with Crippen LogP contribution in [0, 0.1) is 35.2 Å². The van der Waals surface area contributed by atoms with Crippen LogP contribution in [0.1, 0.15) is 54.8 Å². The van der Waals surface area contributed by atoms with E-state index in [9.17, 15) is 8.78 Å². The minimum Gasteiger partial charge on any atom is -0.304 e. The maximum absolute atomic E-state index is 14.5. The zero-order valence-corrected chi connectivity index (χ0v) is 73.3. The standard InChI is InChI=1S/C18H20ClIN6.C15H15ClN4.C13H11BrN4.C13H12ClFN4.C13H11ClN4.C13H13FN4/c1-24-7-9-25(10-8-24)11-12-26-17(20)14-15(19)16(21-22-18(14)23-26)13-5-3-2-4-6-13;1-20-15-11(13(19-20)10-7-8-10)12(16)14(17-18-15)9-5-3-2-4-6-9;1-8-10-11(14)12(9-6-4-3-5-7-9)15-16-13(10)18(2)17-8;1-7-10-11(14)12(8-4-3-5-9(15)6-8)16-17-13(10)19(2)18-7;2*1-8-10-11(14)12(9-6-4-3-5-7-9)15-16-13(10)18(2)17-8/h2-6H,7-12H2,1H3;2-6,10-11,15H,7-8H2,1H3;3-7H,1-2H3;3-6,13,17H,1-2H3;3-7H,1-2H3;3-7,13,16H,1-2H3. The number of piperazine rings is 1. The summed E-state index contributed by atoms with van der Waals surface area (Å²) in [5, 5.41) is 79.9. The van der Waals surface area contributed by atoms with E-state index in [2.05, 4.69) is 148 Å². The fourth-order valence-corrected chi connectivity index (χ4v) is 18.0. The van der Waals surface area contributed by atoms with Crippen LogP contribution in [0.25, 0.3) is 72.6 Å². The number of halogens is 8. The van der Waals surface area contributed by atoms with Crippen LogP contribution in [0.4, 0.5) is 8.78 Å². The third-order valence-electron chi connectivity index (χ3n) is 21.0. The molecule has 6 aromatic carbocycles. The summed E-state index contributed by atoms with van der Waals surface area (Å²) < 4.78 is 35.2. The molecule has 119 heavy (non-hydrogen) atoms. The van der Waals surface area contributed by atoms with E-state index in [4.69, 9.17) is 46.4 Å². The molecule has 1 aliphatic carbocycles. The van der Waals surface area contributed by atoms with Gasteiger partial charge in [0.2, 0.25) is 5.65 Å². The van der Waals surface area contributed by atoms with Gasteiger partial charge < -0.3 is 4.90 Å². The van der Waals surface area contributed by atoms with E-state index < -0.39 is 0 Å². The second kappa shape index (κ2) is 36.5. The highest BCUT2D eigenvalue weighted by atomic mass is 127. The molecule has 0 amide bonds. The summed E-state index contributed by atoms with van der Waals surface area (Å²) in [6, 6.07) is 55.2. The second-order valence-electron chi connectivity index (χ2n) is 29.2. The van der Waals surface area contributed by atoms with Crippen molar-refractivity contribution in [2.24, 2.45) is 61.7 Å². The Balaban J connectivity index is 0.000000112. The molecular formula is C85H82BrCl4F2IN26. The predicted octanol–water partition coefficient (Wildman–Crippen LogP) is 16.9. The topological polar surface area (TPSA) is 258 Å². The number of aromatic nitrogens is 12. The van der Waals surface area contributed by atoms with E-state index in [1.54, 1.807) is 45.5 Å². The molecule has 4 atom stereocenters. The average molecular weight is 1850 g/mol. The van der Waals surface area contributed by atoms with Gasteiger partial charge in [0.25, 0.3) is 0 Å². The summed E-state index contributed by atoms with van der Waals surface area (Å²) in [5.41, 5.74) is 23.3. The van der Waals surface area contributed by atoms with Crippen LogP contribution in [0.3, 0.4) is 0 Å². The molecule has 12 aromatic rings. The van der Waals surface area contributed by atoms with Crippen molar-refractivity contribution in [3.63, 3.8) is 0 Å². The Hall–Kier alpha value is -10.7. The van der Waals surface area contributed by atoms with Gasteiger partial charge in [-0.1, -0.05) is 210 Å². The third kappa shape index (κ3) is 17.7. The number of nitrogens with one attached hydrogen (secondary N) is 2. The van der Waals surface area contributed by atoms with E-state index in [0.717, 1.165) is 136 Å². The fourth-order valence-electron chi connectivity index (χ4n) is 14.7. The summed E-state index contributed by atoms with van der Waals surface area (Å²) in [4.78, 5) is 4.84. The summed E-state index contributed by atoms with van der Waals surface area (Å²) >= 11 is 32.1. The number of aryl methyl sites for hydroxylation is 4. The van der Waals surface area contributed by atoms with Crippen LogP contribution in [-0.4, -0.2) is 193 Å². The molecule has 26 nitrogen and oxygen atoms in total. The number of hydrogen-bond donors (Lipinski definition) is 2. The van der Waals surface area contributed by atoms with Gasteiger partial charge in [0.1, 0.15) is 43.7 Å². The molecule has 608 valence electrons. The molecule has 8 aliphatic rings. The number of benzene rings is 6. The van der Waals surface area contributed by atoms with Gasteiger partial charge in [0, 0.05) is 107 Å². The zero-order chi connectivity index (χ0) is 83.4. The lowest BCUT2D eigenvalue weighted by molar-refractivity contribution is 0.148. The molecule has 0 spiro atoms. The first kappa shape index (κ1) is 83.4. The van der Waals surface area contributed by atoms with Crippen LogP contribution in [-0.2, 0) is 20.6 Å². The fraction of sp³-hybridized carbons (Fsp3) is 0.271. The van der Waals surface area contributed by atoms with Crippen molar-refractivity contribution < 1.29 is 8.78 Å². The highest BCUT2D eigenvalue weighted by molar-refractivity contribution is 14.1. The van der Waals surface area contributed by atoms with Gasteiger partial charge in [-0.15, -0.1) is 35.7 Å². The van der Waals surface area contributed by atoms with Crippen LogP contribution in [0.2, 0.25) is 10.0 Å². The van der Waals surface area contributed by atoms with Gasteiger partial charge in [-0.3, -0.25) is 35.5 Å². The summed E-state index contributed by atoms with van der Waals surface area (Å²) in [6.07, 6.45) is 1.93. The van der Waals surface area contributed by atoms with Crippen LogP contribution in [0.15, 0.2) is 243 Å². The van der Waals surface area contributed by atoms with Crippen LogP contribution < -0.4 is 10.9 Å². The number of hydrazone groups is 5. The number of likely N-dealkylation sites (N-methyl/N-ethyl adjacent to an activating group) is 3. The van der Waals surface area contributed by atoms with E-state index in [0.29, 0.717) is 71.9 Å². The van der Waals surface area contributed by atoms with Gasteiger partial charge in [0.15, 0.2) is 35.6 Å². The van der Waals surface area contributed by atoms with Crippen molar-refractivity contribution in [3.8, 4) is 33.8 Å². The summed E-state index contributed by atoms with van der Waals surface area (Å²) in [6.45, 7) is 13.9. The minimum absolute atomic E-state index is 0.0643. The quantitative estimate of drug-likeness (QED) is 0.121. The average Bonchev–Trinajstić information content (AvgIpc) is 1.63. The normalized spacial score (nSPS) is 18.6. The maximum atomic E-state index is 14.5. The van der Waals surface area contributed by atoms with E-state index in [-0.39, 0.29) is 36.1 Å². The SMILES string of the molecule is CC1=NN(C)C2NN=C(c3cccc(F)c3)C(Cl)=C12.CC1=NN(C)C2NN=C(c3ccccc3)C(F)=C12.CN1CCN(CCn2nc3nnc(-c4ccccc4)c(Cl)c3c2I)CC1.CN1N=C(C2CC2)C2C(Cl)=C(c3ccccc3)N=NC21.Cc1nn(C)c2nnc(-c3ccccc3)c(Br)c12.Cc1nn(C)c2nnc(-c3ccccc3)c(Cl)c12. The highest BCUT2D eigenvalue weighted by Crippen LogP contribution is 2.47. The van der Waals surface area contributed by atoms with Crippen LogP contribution in [0.5, 0.6) is 0 Å². The number of hydrogen-bond acceptors (Lipinski definition) is 23. The van der Waals surface area contributed by atoms with Crippen molar-refractivity contribution in [2.75, 3.05) is 60.9 Å². The lowest BCUT2D eigenvalue weighted by atomic mass is 9.93. The van der Waals surface area contributed by atoms with Crippen molar-refractivity contribution in [2.45, 2.75) is 65.6 Å². The molecule has 13 heterocycles.